The maximum Gasteiger partial charge on any atom is 0.0207 e. The van der Waals surface area contributed by atoms with Gasteiger partial charge >= 0.3 is 0 Å². The zero-order valence-corrected chi connectivity index (χ0v) is 11.6. The van der Waals surface area contributed by atoms with E-state index in [1.54, 1.807) is 0 Å². The van der Waals surface area contributed by atoms with E-state index in [0.717, 1.165) is 18.5 Å². The van der Waals surface area contributed by atoms with Crippen molar-refractivity contribution in [3.05, 3.63) is 0 Å². The van der Waals surface area contributed by atoms with Crippen molar-refractivity contribution in [2.75, 3.05) is 45.8 Å². The molecule has 0 amide bonds. The van der Waals surface area contributed by atoms with Gasteiger partial charge < -0.3 is 15.1 Å². The Morgan fingerprint density at radius 2 is 1.71 bits per heavy atom. The van der Waals surface area contributed by atoms with Gasteiger partial charge in [-0.25, -0.2) is 0 Å². The number of hydrogen-bond acceptors (Lipinski definition) is 3. The zero-order chi connectivity index (χ0) is 12.1. The second-order valence-corrected chi connectivity index (χ2v) is 5.68. The lowest BCUT2D eigenvalue weighted by Gasteiger charge is -2.33. The molecule has 0 aromatic carbocycles. The molecule has 2 saturated heterocycles. The molecule has 3 nitrogen and oxygen atoms in total. The van der Waals surface area contributed by atoms with Crippen LogP contribution in [0.1, 0.15) is 33.1 Å². The van der Waals surface area contributed by atoms with Crippen molar-refractivity contribution in [3.63, 3.8) is 0 Å². The van der Waals surface area contributed by atoms with Gasteiger partial charge in [0.1, 0.15) is 0 Å². The van der Waals surface area contributed by atoms with E-state index >= 15 is 0 Å². The SMILES string of the molecule is CCNC1CCN(CC2CCN(CC)CC2)C1. The molecule has 1 atom stereocenters. The number of hydrogen-bond donors (Lipinski definition) is 1. The maximum atomic E-state index is 3.58. The lowest BCUT2D eigenvalue weighted by atomic mass is 9.96. The van der Waals surface area contributed by atoms with Gasteiger partial charge in [-0.3, -0.25) is 0 Å². The molecule has 0 spiro atoms. The molecule has 0 aliphatic carbocycles. The fraction of sp³-hybridized carbons (Fsp3) is 1.00. The minimum absolute atomic E-state index is 0.760. The first-order valence-corrected chi connectivity index (χ1v) is 7.50. The van der Waals surface area contributed by atoms with E-state index in [0.29, 0.717) is 0 Å². The molecule has 17 heavy (non-hydrogen) atoms. The summed E-state index contributed by atoms with van der Waals surface area (Å²) in [7, 11) is 0. The van der Waals surface area contributed by atoms with Gasteiger partial charge in [0.05, 0.1) is 0 Å². The first-order chi connectivity index (χ1) is 8.31. The number of rotatable bonds is 5. The molecule has 2 rings (SSSR count). The lowest BCUT2D eigenvalue weighted by Crippen LogP contribution is -2.39. The van der Waals surface area contributed by atoms with Crippen LogP contribution in [0.3, 0.4) is 0 Å². The average Bonchev–Trinajstić information content (AvgIpc) is 2.78. The molecule has 0 aromatic rings. The fourth-order valence-electron chi connectivity index (χ4n) is 3.30. The van der Waals surface area contributed by atoms with E-state index in [-0.39, 0.29) is 0 Å². The van der Waals surface area contributed by atoms with Crippen molar-refractivity contribution in [1.29, 1.82) is 0 Å². The molecule has 2 aliphatic rings. The van der Waals surface area contributed by atoms with Crippen molar-refractivity contribution >= 4 is 0 Å². The number of likely N-dealkylation sites (tertiary alicyclic amines) is 2. The van der Waals surface area contributed by atoms with Crippen LogP contribution in [-0.4, -0.2) is 61.7 Å². The summed E-state index contributed by atoms with van der Waals surface area (Å²) in [6.45, 7) is 13.4. The van der Waals surface area contributed by atoms with Gasteiger partial charge in [0.2, 0.25) is 0 Å². The molecule has 3 heteroatoms. The summed E-state index contributed by atoms with van der Waals surface area (Å²) >= 11 is 0. The van der Waals surface area contributed by atoms with E-state index in [9.17, 15) is 0 Å². The minimum Gasteiger partial charge on any atom is -0.313 e. The van der Waals surface area contributed by atoms with E-state index in [4.69, 9.17) is 0 Å². The molecule has 2 heterocycles. The normalized spacial score (nSPS) is 28.9. The van der Waals surface area contributed by atoms with Gasteiger partial charge in [-0.2, -0.15) is 0 Å². The number of likely N-dealkylation sites (N-methyl/N-ethyl adjacent to an activating group) is 1. The molecule has 2 aliphatic heterocycles. The molecule has 0 bridgehead atoms. The Kier molecular flexibility index (Phi) is 5.26. The van der Waals surface area contributed by atoms with Crippen LogP contribution in [0.4, 0.5) is 0 Å². The van der Waals surface area contributed by atoms with Crippen LogP contribution in [0.5, 0.6) is 0 Å². The Balaban J connectivity index is 1.65. The largest absolute Gasteiger partial charge is 0.313 e. The predicted molar refractivity (Wildman–Crippen MR) is 73.4 cm³/mol. The summed E-state index contributed by atoms with van der Waals surface area (Å²) in [5.74, 6) is 0.957. The molecular weight excluding hydrogens is 210 g/mol. The molecule has 0 saturated carbocycles. The first-order valence-electron chi connectivity index (χ1n) is 7.50. The van der Waals surface area contributed by atoms with Crippen LogP contribution < -0.4 is 5.32 Å². The van der Waals surface area contributed by atoms with Crippen LogP contribution in [0.25, 0.3) is 0 Å². The van der Waals surface area contributed by atoms with Crippen molar-refractivity contribution in [2.24, 2.45) is 5.92 Å². The van der Waals surface area contributed by atoms with Gasteiger partial charge in [-0.05, 0) is 57.9 Å². The monoisotopic (exact) mass is 239 g/mol. The highest BCUT2D eigenvalue weighted by Gasteiger charge is 2.25. The highest BCUT2D eigenvalue weighted by atomic mass is 15.2. The third-order valence-corrected chi connectivity index (χ3v) is 4.44. The van der Waals surface area contributed by atoms with Crippen LogP contribution in [0, 0.1) is 5.92 Å². The number of nitrogens with one attached hydrogen (secondary N) is 1. The third-order valence-electron chi connectivity index (χ3n) is 4.44. The number of nitrogens with zero attached hydrogens (tertiary/aromatic N) is 2. The van der Waals surface area contributed by atoms with Crippen LogP contribution in [-0.2, 0) is 0 Å². The fourth-order valence-corrected chi connectivity index (χ4v) is 3.30. The Morgan fingerprint density at radius 1 is 1.00 bits per heavy atom. The van der Waals surface area contributed by atoms with Crippen LogP contribution in [0.2, 0.25) is 0 Å². The molecule has 0 radical (unpaired) electrons. The molecule has 2 fully saturated rings. The Hall–Kier alpha value is -0.120. The van der Waals surface area contributed by atoms with Crippen molar-refractivity contribution in [3.8, 4) is 0 Å². The summed E-state index contributed by atoms with van der Waals surface area (Å²) in [6, 6.07) is 0.760. The molecular formula is C14H29N3. The predicted octanol–water partition coefficient (Wildman–Crippen LogP) is 1.40. The lowest BCUT2D eigenvalue weighted by molar-refractivity contribution is 0.158. The van der Waals surface area contributed by atoms with Gasteiger partial charge in [-0.15, -0.1) is 0 Å². The van der Waals surface area contributed by atoms with Crippen LogP contribution >= 0.6 is 0 Å². The molecule has 1 unspecified atom stereocenters. The highest BCUT2D eigenvalue weighted by Crippen LogP contribution is 2.20. The Labute approximate surface area is 107 Å². The summed E-state index contributed by atoms with van der Waals surface area (Å²) < 4.78 is 0. The maximum absolute atomic E-state index is 3.58. The van der Waals surface area contributed by atoms with Crippen molar-refractivity contribution in [1.82, 2.24) is 15.1 Å². The van der Waals surface area contributed by atoms with E-state index in [1.165, 1.54) is 58.5 Å². The standard InChI is InChI=1S/C14H29N3/c1-3-15-14-7-10-17(12-14)11-13-5-8-16(4-2)9-6-13/h13-15H,3-12H2,1-2H3. The molecule has 0 aromatic heterocycles. The molecule has 1 N–H and O–H groups in total. The highest BCUT2D eigenvalue weighted by molar-refractivity contribution is 4.83. The van der Waals surface area contributed by atoms with E-state index in [1.807, 2.05) is 0 Å². The smallest absolute Gasteiger partial charge is 0.0207 e. The van der Waals surface area contributed by atoms with Gasteiger partial charge in [-0.1, -0.05) is 13.8 Å². The third kappa shape index (κ3) is 3.94. The van der Waals surface area contributed by atoms with Crippen LogP contribution in [0.15, 0.2) is 0 Å². The van der Waals surface area contributed by atoms with Gasteiger partial charge in [0.25, 0.3) is 0 Å². The summed E-state index contributed by atoms with van der Waals surface area (Å²) in [4.78, 5) is 5.27. The Bertz CT molecular complexity index is 212. The van der Waals surface area contributed by atoms with E-state index < -0.39 is 0 Å². The minimum atomic E-state index is 0.760. The summed E-state index contributed by atoms with van der Waals surface area (Å²) in [6.07, 6.45) is 4.17. The van der Waals surface area contributed by atoms with Gasteiger partial charge in [0.15, 0.2) is 0 Å². The summed E-state index contributed by atoms with van der Waals surface area (Å²) in [5, 5.41) is 3.58. The van der Waals surface area contributed by atoms with E-state index in [2.05, 4.69) is 29.0 Å². The second-order valence-electron chi connectivity index (χ2n) is 5.68. The van der Waals surface area contributed by atoms with Crippen molar-refractivity contribution in [2.45, 2.75) is 39.2 Å². The number of piperidine rings is 1. The molecule has 100 valence electrons. The van der Waals surface area contributed by atoms with Gasteiger partial charge in [0, 0.05) is 19.1 Å². The summed E-state index contributed by atoms with van der Waals surface area (Å²) in [5.41, 5.74) is 0. The second kappa shape index (κ2) is 6.72. The zero-order valence-electron chi connectivity index (χ0n) is 11.6. The van der Waals surface area contributed by atoms with Crippen molar-refractivity contribution < 1.29 is 0 Å². The Morgan fingerprint density at radius 3 is 2.35 bits per heavy atom. The quantitative estimate of drug-likeness (QED) is 0.782. The average molecular weight is 239 g/mol. The topological polar surface area (TPSA) is 18.5 Å². The first kappa shape index (κ1) is 13.3.